The van der Waals surface area contributed by atoms with Crippen LogP contribution < -0.4 is 5.32 Å². The lowest BCUT2D eigenvalue weighted by atomic mass is 9.93. The molecule has 0 fully saturated rings. The third-order valence-electron chi connectivity index (χ3n) is 4.34. The maximum atomic E-state index is 4.39. The molecule has 0 bridgehead atoms. The molecule has 1 atom stereocenters. The van der Waals surface area contributed by atoms with Gasteiger partial charge in [0.15, 0.2) is 0 Å². The summed E-state index contributed by atoms with van der Waals surface area (Å²) in [4.78, 5) is 4.39. The van der Waals surface area contributed by atoms with Crippen LogP contribution in [0.3, 0.4) is 0 Å². The van der Waals surface area contributed by atoms with E-state index in [0.717, 1.165) is 18.8 Å². The quantitative estimate of drug-likeness (QED) is 0.766. The van der Waals surface area contributed by atoms with Crippen molar-refractivity contribution in [1.29, 1.82) is 0 Å². The van der Waals surface area contributed by atoms with Crippen molar-refractivity contribution in [3.63, 3.8) is 0 Å². The summed E-state index contributed by atoms with van der Waals surface area (Å²) in [6.07, 6.45) is 2.91. The van der Waals surface area contributed by atoms with E-state index in [2.05, 4.69) is 71.0 Å². The van der Waals surface area contributed by atoms with Gasteiger partial charge in [0.25, 0.3) is 0 Å². The molecule has 3 aromatic rings. The summed E-state index contributed by atoms with van der Waals surface area (Å²) in [5.74, 6) is 1.57. The first-order valence-corrected chi connectivity index (χ1v) is 7.73. The van der Waals surface area contributed by atoms with Crippen LogP contribution in [-0.4, -0.2) is 11.5 Å². The van der Waals surface area contributed by atoms with E-state index in [-0.39, 0.29) is 0 Å². The Balaban J connectivity index is 1.53. The number of aromatic nitrogens is 1. The lowest BCUT2D eigenvalue weighted by molar-refractivity contribution is 0.752. The number of rotatable bonds is 3. The molecule has 0 radical (unpaired) electrons. The highest BCUT2D eigenvalue weighted by molar-refractivity contribution is 5.63. The fourth-order valence-corrected chi connectivity index (χ4v) is 3.16. The summed E-state index contributed by atoms with van der Waals surface area (Å²) >= 11 is 0. The number of benzene rings is 2. The predicted molar refractivity (Wildman–Crippen MR) is 91.0 cm³/mol. The van der Waals surface area contributed by atoms with Gasteiger partial charge in [-0.25, -0.2) is 4.98 Å². The zero-order chi connectivity index (χ0) is 14.8. The van der Waals surface area contributed by atoms with Crippen LogP contribution in [0.5, 0.6) is 0 Å². The molecule has 2 aromatic carbocycles. The molecule has 108 valence electrons. The van der Waals surface area contributed by atoms with E-state index >= 15 is 0 Å². The van der Waals surface area contributed by atoms with Gasteiger partial charge in [0.05, 0.1) is 0 Å². The second-order valence-electron chi connectivity index (χ2n) is 5.79. The molecule has 1 aliphatic heterocycles. The predicted octanol–water partition coefficient (Wildman–Crippen LogP) is 4.50. The molecule has 2 heterocycles. The number of hydrogen-bond donors (Lipinski definition) is 1. The first kappa shape index (κ1) is 13.1. The standard InChI is InChI=1S/C20H18N2/c1-2-5-16(6-3-1)17-10-8-15(9-11-17)13-18-14-22-20-19(18)7-4-12-21-20/h1-12,18H,13-14H2,(H,21,22). The van der Waals surface area contributed by atoms with Crippen LogP contribution in [0.1, 0.15) is 17.0 Å². The topological polar surface area (TPSA) is 24.9 Å². The number of fused-ring (bicyclic) bond motifs is 1. The molecule has 1 aromatic heterocycles. The van der Waals surface area contributed by atoms with Gasteiger partial charge in [-0.05, 0) is 34.7 Å². The molecule has 0 spiro atoms. The van der Waals surface area contributed by atoms with Crippen LogP contribution in [0, 0.1) is 0 Å². The second-order valence-corrected chi connectivity index (χ2v) is 5.79. The van der Waals surface area contributed by atoms with Gasteiger partial charge in [-0.15, -0.1) is 0 Å². The summed E-state index contributed by atoms with van der Waals surface area (Å²) < 4.78 is 0. The van der Waals surface area contributed by atoms with Crippen LogP contribution in [0.4, 0.5) is 5.82 Å². The number of nitrogens with zero attached hydrogens (tertiary/aromatic N) is 1. The number of anilines is 1. The molecule has 0 amide bonds. The summed E-state index contributed by atoms with van der Waals surface area (Å²) in [5.41, 5.74) is 5.26. The molecule has 4 rings (SSSR count). The summed E-state index contributed by atoms with van der Waals surface area (Å²) in [7, 11) is 0. The summed E-state index contributed by atoms with van der Waals surface area (Å²) in [6, 6.07) is 23.7. The van der Waals surface area contributed by atoms with E-state index in [1.807, 2.05) is 12.3 Å². The van der Waals surface area contributed by atoms with E-state index in [0.29, 0.717) is 5.92 Å². The van der Waals surface area contributed by atoms with Crippen molar-refractivity contribution in [2.75, 3.05) is 11.9 Å². The van der Waals surface area contributed by atoms with Crippen molar-refractivity contribution in [2.24, 2.45) is 0 Å². The minimum atomic E-state index is 0.520. The molecule has 0 saturated carbocycles. The average Bonchev–Trinajstić information content (AvgIpc) is 3.00. The van der Waals surface area contributed by atoms with Crippen LogP contribution >= 0.6 is 0 Å². The van der Waals surface area contributed by atoms with Gasteiger partial charge < -0.3 is 5.32 Å². The smallest absolute Gasteiger partial charge is 0.129 e. The molecule has 2 nitrogen and oxygen atoms in total. The molecule has 1 N–H and O–H groups in total. The highest BCUT2D eigenvalue weighted by Crippen LogP contribution is 2.32. The molecule has 2 heteroatoms. The third-order valence-corrected chi connectivity index (χ3v) is 4.34. The maximum absolute atomic E-state index is 4.39. The van der Waals surface area contributed by atoms with Crippen LogP contribution in [0.15, 0.2) is 72.9 Å². The second kappa shape index (κ2) is 5.64. The molecular weight excluding hydrogens is 268 g/mol. The molecular formula is C20H18N2. The lowest BCUT2D eigenvalue weighted by Gasteiger charge is -2.10. The van der Waals surface area contributed by atoms with Crippen LogP contribution in [0.2, 0.25) is 0 Å². The van der Waals surface area contributed by atoms with E-state index < -0.39 is 0 Å². The Hall–Kier alpha value is -2.61. The maximum Gasteiger partial charge on any atom is 0.129 e. The molecule has 0 aliphatic carbocycles. The van der Waals surface area contributed by atoms with Gasteiger partial charge >= 0.3 is 0 Å². The molecule has 1 aliphatic rings. The Morgan fingerprint density at radius 2 is 1.64 bits per heavy atom. The minimum Gasteiger partial charge on any atom is -0.369 e. The fraction of sp³-hybridized carbons (Fsp3) is 0.150. The zero-order valence-corrected chi connectivity index (χ0v) is 12.4. The zero-order valence-electron chi connectivity index (χ0n) is 12.4. The third kappa shape index (κ3) is 2.48. The molecule has 22 heavy (non-hydrogen) atoms. The lowest BCUT2D eigenvalue weighted by Crippen LogP contribution is -2.05. The fourth-order valence-electron chi connectivity index (χ4n) is 3.16. The van der Waals surface area contributed by atoms with Crippen molar-refractivity contribution in [2.45, 2.75) is 12.3 Å². The van der Waals surface area contributed by atoms with Crippen molar-refractivity contribution in [1.82, 2.24) is 4.98 Å². The largest absolute Gasteiger partial charge is 0.369 e. The Morgan fingerprint density at radius 1 is 0.864 bits per heavy atom. The first-order valence-electron chi connectivity index (χ1n) is 7.73. The van der Waals surface area contributed by atoms with E-state index in [1.54, 1.807) is 0 Å². The van der Waals surface area contributed by atoms with Crippen LogP contribution in [-0.2, 0) is 6.42 Å². The van der Waals surface area contributed by atoms with E-state index in [1.165, 1.54) is 22.3 Å². The number of nitrogens with one attached hydrogen (secondary N) is 1. The highest BCUT2D eigenvalue weighted by atomic mass is 15.0. The highest BCUT2D eigenvalue weighted by Gasteiger charge is 2.22. The Bertz CT molecular complexity index is 763. The Labute approximate surface area is 130 Å². The van der Waals surface area contributed by atoms with E-state index in [4.69, 9.17) is 0 Å². The van der Waals surface area contributed by atoms with Crippen molar-refractivity contribution in [3.05, 3.63) is 84.1 Å². The van der Waals surface area contributed by atoms with Crippen molar-refractivity contribution >= 4 is 5.82 Å². The van der Waals surface area contributed by atoms with E-state index in [9.17, 15) is 0 Å². The minimum absolute atomic E-state index is 0.520. The SMILES string of the molecule is c1ccc(-c2ccc(CC3CNc4ncccc43)cc2)cc1. The van der Waals surface area contributed by atoms with Crippen molar-refractivity contribution < 1.29 is 0 Å². The van der Waals surface area contributed by atoms with Gasteiger partial charge in [0, 0.05) is 18.7 Å². The Morgan fingerprint density at radius 3 is 2.45 bits per heavy atom. The van der Waals surface area contributed by atoms with Crippen molar-refractivity contribution in [3.8, 4) is 11.1 Å². The first-order chi connectivity index (χ1) is 10.9. The van der Waals surface area contributed by atoms with Gasteiger partial charge in [0.1, 0.15) is 5.82 Å². The van der Waals surface area contributed by atoms with Gasteiger partial charge in [-0.3, -0.25) is 0 Å². The van der Waals surface area contributed by atoms with Gasteiger partial charge in [0.2, 0.25) is 0 Å². The molecule has 1 unspecified atom stereocenters. The van der Waals surface area contributed by atoms with Gasteiger partial charge in [-0.2, -0.15) is 0 Å². The van der Waals surface area contributed by atoms with Crippen LogP contribution in [0.25, 0.3) is 11.1 Å². The summed E-state index contributed by atoms with van der Waals surface area (Å²) in [6.45, 7) is 0.979. The average molecular weight is 286 g/mol. The monoisotopic (exact) mass is 286 g/mol. The number of pyridine rings is 1. The molecule has 0 saturated heterocycles. The normalized spacial score (nSPS) is 16.1. The summed E-state index contributed by atoms with van der Waals surface area (Å²) in [5, 5.41) is 3.40. The Kier molecular flexibility index (Phi) is 3.36. The number of hydrogen-bond acceptors (Lipinski definition) is 2. The van der Waals surface area contributed by atoms with Gasteiger partial charge in [-0.1, -0.05) is 60.7 Å².